The lowest BCUT2D eigenvalue weighted by Crippen LogP contribution is -2.49. The van der Waals surface area contributed by atoms with Crippen molar-refractivity contribution in [2.75, 3.05) is 45.3 Å². The van der Waals surface area contributed by atoms with E-state index in [-0.39, 0.29) is 5.91 Å². The number of piperazine rings is 1. The number of hydrogen-bond acceptors (Lipinski definition) is 9. The van der Waals surface area contributed by atoms with Crippen LogP contribution in [0.25, 0.3) is 20.9 Å². The van der Waals surface area contributed by atoms with Crippen LogP contribution in [0, 0.1) is 0 Å². The van der Waals surface area contributed by atoms with E-state index in [2.05, 4.69) is 19.9 Å². The first kappa shape index (κ1) is 21.6. The number of fused-ring (bicyclic) bond motifs is 1. The number of benzene rings is 1. The molecule has 0 unspecified atom stereocenters. The first-order valence-electron chi connectivity index (χ1n) is 10.6. The number of aromatic nitrogens is 3. The highest BCUT2D eigenvalue weighted by atomic mass is 32.1. The van der Waals surface area contributed by atoms with Gasteiger partial charge >= 0.3 is 0 Å². The molecule has 4 heterocycles. The Morgan fingerprint density at radius 3 is 2.64 bits per heavy atom. The first-order valence-corrected chi connectivity index (χ1v) is 12.3. The summed E-state index contributed by atoms with van der Waals surface area (Å²) in [6, 6.07) is 9.59. The Morgan fingerprint density at radius 1 is 1.06 bits per heavy atom. The molecule has 3 aromatic heterocycles. The maximum atomic E-state index is 12.9. The predicted molar refractivity (Wildman–Crippen MR) is 131 cm³/mol. The Bertz CT molecular complexity index is 1250. The van der Waals surface area contributed by atoms with E-state index in [9.17, 15) is 4.79 Å². The summed E-state index contributed by atoms with van der Waals surface area (Å²) in [7, 11) is 3.22. The summed E-state index contributed by atoms with van der Waals surface area (Å²) in [5, 5.41) is 3.77. The molecule has 33 heavy (non-hydrogen) atoms. The quantitative estimate of drug-likeness (QED) is 0.415. The van der Waals surface area contributed by atoms with Gasteiger partial charge in [0, 0.05) is 43.3 Å². The van der Waals surface area contributed by atoms with Crippen LogP contribution in [-0.4, -0.2) is 66.2 Å². The summed E-state index contributed by atoms with van der Waals surface area (Å²) < 4.78 is 10.7. The maximum absolute atomic E-state index is 12.9. The zero-order valence-corrected chi connectivity index (χ0v) is 20.0. The van der Waals surface area contributed by atoms with Crippen molar-refractivity contribution in [3.63, 3.8) is 0 Å². The molecule has 0 bridgehead atoms. The van der Waals surface area contributed by atoms with Crippen LogP contribution < -0.4 is 14.4 Å². The molecule has 10 heteroatoms. The van der Waals surface area contributed by atoms with Gasteiger partial charge in [0.05, 0.1) is 26.3 Å². The molecule has 0 atom stereocenters. The molecular formula is C23H23N5O3S2. The predicted octanol–water partition coefficient (Wildman–Crippen LogP) is 3.72. The van der Waals surface area contributed by atoms with E-state index in [1.807, 2.05) is 40.6 Å². The van der Waals surface area contributed by atoms with Crippen molar-refractivity contribution < 1.29 is 14.3 Å². The van der Waals surface area contributed by atoms with Gasteiger partial charge in [0.25, 0.3) is 0 Å². The minimum absolute atomic E-state index is 0.102. The van der Waals surface area contributed by atoms with Gasteiger partial charge in [0.15, 0.2) is 16.6 Å². The number of ether oxygens (including phenoxy) is 2. The second-order valence-corrected chi connectivity index (χ2v) is 9.40. The third-order valence-electron chi connectivity index (χ3n) is 5.57. The summed E-state index contributed by atoms with van der Waals surface area (Å²) in [4.78, 5) is 31.7. The molecule has 0 saturated carbocycles. The molecule has 1 saturated heterocycles. The number of hydrogen-bond donors (Lipinski definition) is 0. The lowest BCUT2D eigenvalue weighted by atomic mass is 10.2. The summed E-state index contributed by atoms with van der Waals surface area (Å²) in [5.74, 6) is 1.43. The number of methoxy groups -OCH3 is 2. The monoisotopic (exact) mass is 481 g/mol. The standard InChI is InChI=1S/C23H23N5O3S2/c1-30-18-6-5-15(12-19(18)31-2)21-25-16(14-32-21)13-20(29)27-8-10-28(11-9-27)23-26-17-4-3-7-24-22(17)33-23/h3-7,12,14H,8-11,13H2,1-2H3. The Kier molecular flexibility index (Phi) is 6.10. The van der Waals surface area contributed by atoms with Crippen LogP contribution in [0.4, 0.5) is 5.13 Å². The van der Waals surface area contributed by atoms with Crippen LogP contribution in [0.15, 0.2) is 41.9 Å². The highest BCUT2D eigenvalue weighted by molar-refractivity contribution is 7.21. The van der Waals surface area contributed by atoms with Crippen molar-refractivity contribution >= 4 is 44.1 Å². The molecule has 1 fully saturated rings. The van der Waals surface area contributed by atoms with Crippen molar-refractivity contribution in [2.45, 2.75) is 6.42 Å². The van der Waals surface area contributed by atoms with Gasteiger partial charge in [-0.25, -0.2) is 15.0 Å². The number of nitrogens with zero attached hydrogens (tertiary/aromatic N) is 5. The lowest BCUT2D eigenvalue weighted by Gasteiger charge is -2.34. The van der Waals surface area contributed by atoms with Crippen molar-refractivity contribution in [3.05, 3.63) is 47.6 Å². The Labute approximate surface area is 199 Å². The zero-order valence-electron chi connectivity index (χ0n) is 18.4. The summed E-state index contributed by atoms with van der Waals surface area (Å²) in [6.07, 6.45) is 2.09. The second kappa shape index (κ2) is 9.32. The maximum Gasteiger partial charge on any atom is 0.228 e. The molecular weight excluding hydrogens is 458 g/mol. The fraction of sp³-hybridized carbons (Fsp3) is 0.304. The lowest BCUT2D eigenvalue weighted by molar-refractivity contribution is -0.130. The van der Waals surface area contributed by atoms with E-state index in [0.717, 1.165) is 44.8 Å². The third-order valence-corrected chi connectivity index (χ3v) is 7.55. The van der Waals surface area contributed by atoms with E-state index >= 15 is 0 Å². The Morgan fingerprint density at radius 2 is 1.88 bits per heavy atom. The van der Waals surface area contributed by atoms with Crippen molar-refractivity contribution in [2.24, 2.45) is 0 Å². The van der Waals surface area contributed by atoms with Gasteiger partial charge in [-0.2, -0.15) is 0 Å². The molecule has 1 aliphatic heterocycles. The number of pyridine rings is 1. The fourth-order valence-corrected chi connectivity index (χ4v) is 5.57. The van der Waals surface area contributed by atoms with Gasteiger partial charge < -0.3 is 19.3 Å². The topological polar surface area (TPSA) is 80.7 Å². The van der Waals surface area contributed by atoms with E-state index in [1.165, 1.54) is 11.3 Å². The molecule has 170 valence electrons. The van der Waals surface area contributed by atoms with Crippen LogP contribution in [0.5, 0.6) is 11.5 Å². The van der Waals surface area contributed by atoms with Gasteiger partial charge in [-0.3, -0.25) is 4.79 Å². The molecule has 0 N–H and O–H groups in total. The SMILES string of the molecule is COc1ccc(-c2nc(CC(=O)N3CCN(c4nc5cccnc5s4)CC3)cs2)cc1OC. The number of thiazole rings is 2. The van der Waals surface area contributed by atoms with E-state index in [4.69, 9.17) is 9.47 Å². The van der Waals surface area contributed by atoms with Gasteiger partial charge in [0.2, 0.25) is 5.91 Å². The number of carbonyl (C=O) groups is 1. The molecule has 0 spiro atoms. The first-order chi connectivity index (χ1) is 16.1. The average Bonchev–Trinajstić information content (AvgIpc) is 3.51. The Hall–Kier alpha value is -3.24. The van der Waals surface area contributed by atoms with Crippen LogP contribution in [-0.2, 0) is 11.2 Å². The number of carbonyl (C=O) groups excluding carboxylic acids is 1. The second-order valence-electron chi connectivity index (χ2n) is 7.58. The van der Waals surface area contributed by atoms with Crippen LogP contribution in [0.3, 0.4) is 0 Å². The van der Waals surface area contributed by atoms with E-state index in [1.54, 1.807) is 31.8 Å². The van der Waals surface area contributed by atoms with E-state index in [0.29, 0.717) is 31.0 Å². The van der Waals surface area contributed by atoms with Crippen LogP contribution in [0.2, 0.25) is 0 Å². The molecule has 1 aromatic carbocycles. The molecule has 8 nitrogen and oxygen atoms in total. The number of rotatable bonds is 6. The minimum atomic E-state index is 0.102. The smallest absolute Gasteiger partial charge is 0.228 e. The van der Waals surface area contributed by atoms with E-state index < -0.39 is 0 Å². The fourth-order valence-electron chi connectivity index (χ4n) is 3.80. The normalized spacial score (nSPS) is 14.0. The zero-order chi connectivity index (χ0) is 22.8. The minimum Gasteiger partial charge on any atom is -0.493 e. The molecule has 5 rings (SSSR count). The molecule has 0 radical (unpaired) electrons. The summed E-state index contributed by atoms with van der Waals surface area (Å²) >= 11 is 3.12. The van der Waals surface area contributed by atoms with Crippen LogP contribution in [0.1, 0.15) is 5.69 Å². The van der Waals surface area contributed by atoms with Crippen molar-refractivity contribution in [1.29, 1.82) is 0 Å². The van der Waals surface area contributed by atoms with Crippen LogP contribution >= 0.6 is 22.7 Å². The van der Waals surface area contributed by atoms with Gasteiger partial charge in [-0.1, -0.05) is 11.3 Å². The highest BCUT2D eigenvalue weighted by Gasteiger charge is 2.24. The Balaban J connectivity index is 1.20. The largest absolute Gasteiger partial charge is 0.493 e. The van der Waals surface area contributed by atoms with Gasteiger partial charge in [-0.15, -0.1) is 11.3 Å². The van der Waals surface area contributed by atoms with Crippen molar-refractivity contribution in [1.82, 2.24) is 19.9 Å². The van der Waals surface area contributed by atoms with Gasteiger partial charge in [0.1, 0.15) is 15.4 Å². The highest BCUT2D eigenvalue weighted by Crippen LogP contribution is 2.33. The third kappa shape index (κ3) is 4.49. The molecule has 1 aliphatic rings. The molecule has 1 amide bonds. The molecule has 4 aromatic rings. The average molecular weight is 482 g/mol. The number of anilines is 1. The number of amides is 1. The van der Waals surface area contributed by atoms with Crippen molar-refractivity contribution in [3.8, 4) is 22.1 Å². The van der Waals surface area contributed by atoms with Gasteiger partial charge in [-0.05, 0) is 30.3 Å². The summed E-state index contributed by atoms with van der Waals surface area (Å²) in [6.45, 7) is 2.88. The molecule has 0 aliphatic carbocycles. The summed E-state index contributed by atoms with van der Waals surface area (Å²) in [5.41, 5.74) is 2.65.